The molecule has 4 aromatic carbocycles. The Morgan fingerprint density at radius 2 is 1.24 bits per heavy atom. The van der Waals surface area contributed by atoms with Gasteiger partial charge in [0.05, 0.1) is 47.9 Å². The van der Waals surface area contributed by atoms with Crippen LogP contribution in [-0.2, 0) is 14.1 Å². The summed E-state index contributed by atoms with van der Waals surface area (Å²) < 4.78 is 10.9. The van der Waals surface area contributed by atoms with Crippen molar-refractivity contribution < 1.29 is 9.13 Å². The van der Waals surface area contributed by atoms with E-state index < -0.39 is 0 Å². The molecule has 38 heavy (non-hydrogen) atoms. The van der Waals surface area contributed by atoms with E-state index in [-0.39, 0.29) is 0 Å². The van der Waals surface area contributed by atoms with Crippen LogP contribution in [-0.4, -0.2) is 13.7 Å². The van der Waals surface area contributed by atoms with E-state index in [4.69, 9.17) is 0 Å². The highest BCUT2D eigenvalue weighted by Gasteiger charge is 2.29. The van der Waals surface area contributed by atoms with E-state index in [1.165, 1.54) is 33.2 Å². The highest BCUT2D eigenvalue weighted by atomic mass is 15.2. The highest BCUT2D eigenvalue weighted by molar-refractivity contribution is 6.16. The maximum absolute atomic E-state index is 2.43. The SMILES string of the molecule is C[n+]1ccn(-c2cccc(N3c4cc(-n5cc[n+](C)c5)ccc4-n4c5ccccc5c5cccc3c54)c2)c1. The smallest absolute Gasteiger partial charge is 0.248 e. The minimum atomic E-state index is 1.12. The Morgan fingerprint density at radius 1 is 0.553 bits per heavy atom. The van der Waals surface area contributed by atoms with Crippen molar-refractivity contribution in [1.29, 1.82) is 0 Å². The van der Waals surface area contributed by atoms with Crippen molar-refractivity contribution in [1.82, 2.24) is 13.7 Å². The summed E-state index contributed by atoms with van der Waals surface area (Å²) in [6.07, 6.45) is 12.5. The van der Waals surface area contributed by atoms with Gasteiger partial charge in [0, 0.05) is 22.9 Å². The van der Waals surface area contributed by atoms with E-state index in [9.17, 15) is 0 Å². The van der Waals surface area contributed by atoms with E-state index in [2.05, 4.69) is 150 Å². The molecule has 0 aliphatic carbocycles. The van der Waals surface area contributed by atoms with Crippen LogP contribution in [0, 0.1) is 0 Å². The van der Waals surface area contributed by atoms with Crippen molar-refractivity contribution in [3.8, 4) is 17.1 Å². The second kappa shape index (κ2) is 7.70. The Morgan fingerprint density at radius 3 is 2.00 bits per heavy atom. The van der Waals surface area contributed by atoms with Gasteiger partial charge in [0.15, 0.2) is 0 Å². The number of para-hydroxylation sites is 2. The topological polar surface area (TPSA) is 25.8 Å². The van der Waals surface area contributed by atoms with Crippen molar-refractivity contribution in [3.63, 3.8) is 0 Å². The molecule has 1 aliphatic rings. The molecule has 0 N–H and O–H groups in total. The molecule has 8 rings (SSSR count). The normalized spacial score (nSPS) is 12.4. The molecule has 3 aromatic heterocycles. The zero-order valence-corrected chi connectivity index (χ0v) is 21.2. The van der Waals surface area contributed by atoms with Crippen molar-refractivity contribution >= 4 is 38.9 Å². The molecule has 0 unspecified atom stereocenters. The van der Waals surface area contributed by atoms with E-state index in [0.29, 0.717) is 0 Å². The predicted octanol–water partition coefficient (Wildman–Crippen LogP) is 5.80. The number of nitrogens with zero attached hydrogens (tertiary/aromatic N) is 6. The zero-order chi connectivity index (χ0) is 25.4. The first kappa shape index (κ1) is 21.0. The average molecular weight is 495 g/mol. The first-order chi connectivity index (χ1) is 18.7. The monoisotopic (exact) mass is 494 g/mol. The molecule has 0 bridgehead atoms. The van der Waals surface area contributed by atoms with Crippen LogP contribution in [0.4, 0.5) is 17.1 Å². The Kier molecular flexibility index (Phi) is 4.26. The van der Waals surface area contributed by atoms with Crippen LogP contribution < -0.4 is 14.0 Å². The first-order valence-corrected chi connectivity index (χ1v) is 12.8. The largest absolute Gasteiger partial charge is 0.306 e. The third-order valence-electron chi connectivity index (χ3n) is 7.58. The summed E-state index contributed by atoms with van der Waals surface area (Å²) in [5.41, 5.74) is 9.33. The fourth-order valence-electron chi connectivity index (χ4n) is 5.88. The van der Waals surface area contributed by atoms with Gasteiger partial charge in [0.2, 0.25) is 12.7 Å². The standard InChI is InChI=1S/C32H26N6/c1-33-15-17-35(21-33)23-7-5-8-25(19-23)37-30-12-6-10-27-26-9-3-4-11-28(26)38(32(27)30)29-14-13-24(20-31(29)37)36-18-16-34(2)22-36/h3-22H,1-2H3/q+2. The minimum absolute atomic E-state index is 1.12. The number of imidazole rings is 2. The van der Waals surface area contributed by atoms with Crippen LogP contribution >= 0.6 is 0 Å². The third kappa shape index (κ3) is 2.94. The Hall–Kier alpha value is -5.10. The van der Waals surface area contributed by atoms with E-state index >= 15 is 0 Å². The number of fused-ring (bicyclic) bond motifs is 5. The summed E-state index contributed by atoms with van der Waals surface area (Å²) in [6, 6.07) is 30.9. The molecule has 0 amide bonds. The van der Waals surface area contributed by atoms with Gasteiger partial charge >= 0.3 is 0 Å². The van der Waals surface area contributed by atoms with Gasteiger partial charge in [0.25, 0.3) is 0 Å². The molecule has 6 nitrogen and oxygen atoms in total. The van der Waals surface area contributed by atoms with E-state index in [1.807, 2.05) is 14.1 Å². The van der Waals surface area contributed by atoms with Crippen molar-refractivity contribution in [2.24, 2.45) is 14.1 Å². The van der Waals surface area contributed by atoms with Crippen LogP contribution in [0.5, 0.6) is 0 Å². The maximum Gasteiger partial charge on any atom is 0.248 e. The van der Waals surface area contributed by atoms with Gasteiger partial charge in [-0.3, -0.25) is 0 Å². The number of benzene rings is 4. The van der Waals surface area contributed by atoms with Gasteiger partial charge in [-0.25, -0.2) is 18.3 Å². The Labute approximate surface area is 220 Å². The molecule has 182 valence electrons. The minimum Gasteiger partial charge on any atom is -0.306 e. The quantitative estimate of drug-likeness (QED) is 0.285. The second-order valence-electron chi connectivity index (χ2n) is 10.0. The van der Waals surface area contributed by atoms with Crippen molar-refractivity contribution in [2.45, 2.75) is 0 Å². The Balaban J connectivity index is 1.45. The number of aromatic nitrogens is 5. The molecular weight excluding hydrogens is 468 g/mol. The molecule has 1 aliphatic heterocycles. The molecule has 0 saturated carbocycles. The molecule has 0 fully saturated rings. The van der Waals surface area contributed by atoms with Crippen LogP contribution in [0.15, 0.2) is 122 Å². The summed E-state index contributed by atoms with van der Waals surface area (Å²) in [4.78, 5) is 2.41. The second-order valence-corrected chi connectivity index (χ2v) is 10.0. The average Bonchev–Trinajstić information content (AvgIpc) is 3.67. The molecular formula is C32H26N6+2. The molecule has 7 aromatic rings. The van der Waals surface area contributed by atoms with Gasteiger partial charge in [-0.05, 0) is 36.4 Å². The maximum atomic E-state index is 2.43. The fraction of sp³-hybridized carbons (Fsp3) is 0.0625. The zero-order valence-electron chi connectivity index (χ0n) is 21.2. The van der Waals surface area contributed by atoms with Crippen LogP contribution in [0.1, 0.15) is 0 Å². The Bertz CT molecular complexity index is 2020. The fourth-order valence-corrected chi connectivity index (χ4v) is 5.88. The lowest BCUT2D eigenvalue weighted by Crippen LogP contribution is -2.23. The number of hydrogen-bond acceptors (Lipinski definition) is 1. The number of hydrogen-bond donors (Lipinski definition) is 0. The van der Waals surface area contributed by atoms with Gasteiger partial charge in [-0.2, -0.15) is 0 Å². The van der Waals surface area contributed by atoms with E-state index in [0.717, 1.165) is 22.7 Å². The van der Waals surface area contributed by atoms with Crippen molar-refractivity contribution in [2.75, 3.05) is 4.90 Å². The molecule has 0 saturated heterocycles. The summed E-state index contributed by atoms with van der Waals surface area (Å²) in [5.74, 6) is 0. The van der Waals surface area contributed by atoms with Crippen LogP contribution in [0.25, 0.3) is 38.9 Å². The molecule has 0 spiro atoms. The predicted molar refractivity (Wildman–Crippen MR) is 150 cm³/mol. The highest BCUT2D eigenvalue weighted by Crippen LogP contribution is 2.50. The molecule has 4 heterocycles. The molecule has 6 heteroatoms. The number of anilines is 3. The number of rotatable bonds is 3. The number of aryl methyl sites for hydroxylation is 2. The van der Waals surface area contributed by atoms with Crippen LogP contribution in [0.2, 0.25) is 0 Å². The summed E-state index contributed by atoms with van der Waals surface area (Å²) in [6.45, 7) is 0. The van der Waals surface area contributed by atoms with Crippen molar-refractivity contribution in [3.05, 3.63) is 122 Å². The van der Waals surface area contributed by atoms with Gasteiger partial charge in [0.1, 0.15) is 36.2 Å². The summed E-state index contributed by atoms with van der Waals surface area (Å²) >= 11 is 0. The van der Waals surface area contributed by atoms with Crippen LogP contribution in [0.3, 0.4) is 0 Å². The third-order valence-corrected chi connectivity index (χ3v) is 7.58. The first-order valence-electron chi connectivity index (χ1n) is 12.8. The molecule has 0 atom stereocenters. The summed E-state index contributed by atoms with van der Waals surface area (Å²) in [5, 5.41) is 2.54. The lowest BCUT2D eigenvalue weighted by Gasteiger charge is -2.33. The summed E-state index contributed by atoms with van der Waals surface area (Å²) in [7, 11) is 4.09. The molecule has 0 radical (unpaired) electrons. The van der Waals surface area contributed by atoms with E-state index in [1.54, 1.807) is 0 Å². The van der Waals surface area contributed by atoms with Gasteiger partial charge < -0.3 is 9.47 Å². The lowest BCUT2D eigenvalue weighted by atomic mass is 10.1. The van der Waals surface area contributed by atoms with Gasteiger partial charge in [-0.15, -0.1) is 0 Å². The lowest BCUT2D eigenvalue weighted by molar-refractivity contribution is -0.670. The van der Waals surface area contributed by atoms with Gasteiger partial charge in [-0.1, -0.05) is 36.4 Å².